The molecule has 1 aliphatic heterocycles. The van der Waals surface area contributed by atoms with Crippen molar-refractivity contribution >= 4 is 11.8 Å². The molecule has 2 aromatic carbocycles. The van der Waals surface area contributed by atoms with E-state index < -0.39 is 6.04 Å². The summed E-state index contributed by atoms with van der Waals surface area (Å²) in [5, 5.41) is 8.25. The standard InChI is InChI=1S/C24H25N3O3/c1-5-30-24(28)21-15(2)25-23-20(17-9-7-6-8-10-17)16(3)26-27(23)22(21)18-11-13-19(29-4)14-12-18/h6-14,22,25H,5H2,1-4H3. The van der Waals surface area contributed by atoms with Gasteiger partial charge in [-0.1, -0.05) is 42.5 Å². The van der Waals surface area contributed by atoms with E-state index in [2.05, 4.69) is 17.4 Å². The summed E-state index contributed by atoms with van der Waals surface area (Å²) in [6.45, 7) is 6.01. The minimum Gasteiger partial charge on any atom is -0.497 e. The molecule has 2 heterocycles. The molecule has 0 saturated carbocycles. The molecule has 0 spiro atoms. The van der Waals surface area contributed by atoms with E-state index in [9.17, 15) is 4.79 Å². The summed E-state index contributed by atoms with van der Waals surface area (Å²) in [6, 6.07) is 17.4. The number of esters is 1. The molecule has 0 saturated heterocycles. The fraction of sp³-hybridized carbons (Fsp3) is 0.250. The van der Waals surface area contributed by atoms with Crippen molar-refractivity contribution in [1.29, 1.82) is 0 Å². The normalized spacial score (nSPS) is 15.4. The van der Waals surface area contributed by atoms with E-state index in [1.165, 1.54) is 0 Å². The van der Waals surface area contributed by atoms with Crippen LogP contribution in [0.5, 0.6) is 5.75 Å². The van der Waals surface area contributed by atoms with Crippen LogP contribution in [0.4, 0.5) is 5.82 Å². The molecule has 6 nitrogen and oxygen atoms in total. The highest BCUT2D eigenvalue weighted by Gasteiger charge is 2.36. The zero-order valence-electron chi connectivity index (χ0n) is 17.6. The van der Waals surface area contributed by atoms with E-state index in [1.807, 2.05) is 67.9 Å². The summed E-state index contributed by atoms with van der Waals surface area (Å²) in [7, 11) is 1.63. The topological polar surface area (TPSA) is 65.4 Å². The molecular weight excluding hydrogens is 378 g/mol. The molecule has 1 N–H and O–H groups in total. The van der Waals surface area contributed by atoms with E-state index in [1.54, 1.807) is 7.11 Å². The zero-order valence-corrected chi connectivity index (χ0v) is 17.6. The van der Waals surface area contributed by atoms with Crippen molar-refractivity contribution in [3.8, 4) is 16.9 Å². The van der Waals surface area contributed by atoms with Crippen LogP contribution in [0.1, 0.15) is 31.1 Å². The minimum atomic E-state index is -0.401. The number of benzene rings is 2. The molecule has 6 heteroatoms. The number of methoxy groups -OCH3 is 1. The third kappa shape index (κ3) is 3.34. The second-order valence-corrected chi connectivity index (χ2v) is 7.18. The van der Waals surface area contributed by atoms with Crippen molar-refractivity contribution in [3.05, 3.63) is 77.1 Å². The van der Waals surface area contributed by atoms with Crippen molar-refractivity contribution < 1.29 is 14.3 Å². The first-order valence-corrected chi connectivity index (χ1v) is 9.98. The van der Waals surface area contributed by atoms with Gasteiger partial charge in [0.05, 0.1) is 25.0 Å². The third-order valence-corrected chi connectivity index (χ3v) is 5.30. The Hall–Kier alpha value is -3.54. The van der Waals surface area contributed by atoms with Gasteiger partial charge in [-0.2, -0.15) is 5.10 Å². The van der Waals surface area contributed by atoms with Crippen molar-refractivity contribution in [2.75, 3.05) is 19.0 Å². The molecule has 0 aliphatic carbocycles. The quantitative estimate of drug-likeness (QED) is 0.625. The molecule has 4 rings (SSSR count). The molecule has 154 valence electrons. The molecule has 1 aliphatic rings. The van der Waals surface area contributed by atoms with Gasteiger partial charge in [0.25, 0.3) is 0 Å². The van der Waals surface area contributed by atoms with Crippen molar-refractivity contribution in [2.45, 2.75) is 26.8 Å². The number of nitrogens with zero attached hydrogens (tertiary/aromatic N) is 2. The molecule has 0 fully saturated rings. The maximum atomic E-state index is 12.9. The van der Waals surface area contributed by atoms with Crippen LogP contribution in [-0.2, 0) is 9.53 Å². The summed E-state index contributed by atoms with van der Waals surface area (Å²) >= 11 is 0. The van der Waals surface area contributed by atoms with Crippen LogP contribution in [0.25, 0.3) is 11.1 Å². The van der Waals surface area contributed by atoms with Crippen LogP contribution >= 0.6 is 0 Å². The second-order valence-electron chi connectivity index (χ2n) is 7.18. The second kappa shape index (κ2) is 8.06. The number of allylic oxidation sites excluding steroid dienone is 1. The maximum Gasteiger partial charge on any atom is 0.338 e. The number of nitrogens with one attached hydrogen (secondary N) is 1. The minimum absolute atomic E-state index is 0.311. The molecule has 0 amide bonds. The zero-order chi connectivity index (χ0) is 21.3. The first-order valence-electron chi connectivity index (χ1n) is 9.98. The molecule has 0 radical (unpaired) electrons. The van der Waals surface area contributed by atoms with Crippen LogP contribution in [0.2, 0.25) is 0 Å². The summed E-state index contributed by atoms with van der Waals surface area (Å²) < 4.78 is 12.6. The van der Waals surface area contributed by atoms with E-state index in [4.69, 9.17) is 14.6 Å². The maximum absolute atomic E-state index is 12.9. The number of hydrogen-bond acceptors (Lipinski definition) is 5. The van der Waals surface area contributed by atoms with E-state index in [0.717, 1.165) is 39.6 Å². The Morgan fingerprint density at radius 2 is 1.80 bits per heavy atom. The lowest BCUT2D eigenvalue weighted by atomic mass is 9.94. The molecule has 1 unspecified atom stereocenters. The van der Waals surface area contributed by atoms with Crippen molar-refractivity contribution in [3.63, 3.8) is 0 Å². The van der Waals surface area contributed by atoms with Crippen LogP contribution in [0, 0.1) is 6.92 Å². The summed E-state index contributed by atoms with van der Waals surface area (Å²) in [4.78, 5) is 12.9. The highest BCUT2D eigenvalue weighted by Crippen LogP contribution is 2.42. The van der Waals surface area contributed by atoms with Gasteiger partial charge in [0, 0.05) is 11.3 Å². The van der Waals surface area contributed by atoms with Gasteiger partial charge in [-0.05, 0) is 44.0 Å². The van der Waals surface area contributed by atoms with Gasteiger partial charge in [0.2, 0.25) is 0 Å². The Balaban J connectivity index is 1.91. The molecule has 1 atom stereocenters. The lowest BCUT2D eigenvalue weighted by Gasteiger charge is -2.30. The number of aryl methyl sites for hydroxylation is 1. The SMILES string of the molecule is CCOC(=O)C1=C(C)Nc2c(-c3ccccc3)c(C)nn2C1c1ccc(OC)cc1. The Morgan fingerprint density at radius 1 is 1.10 bits per heavy atom. The predicted octanol–water partition coefficient (Wildman–Crippen LogP) is 4.72. The first kappa shape index (κ1) is 19.8. The fourth-order valence-corrected chi connectivity index (χ4v) is 3.94. The summed E-state index contributed by atoms with van der Waals surface area (Å²) in [6.07, 6.45) is 0. The van der Waals surface area contributed by atoms with Gasteiger partial charge in [-0.25, -0.2) is 9.48 Å². The number of aromatic nitrogens is 2. The number of fused-ring (bicyclic) bond motifs is 1. The molecule has 30 heavy (non-hydrogen) atoms. The van der Waals surface area contributed by atoms with Crippen LogP contribution in [-0.4, -0.2) is 29.5 Å². The summed E-state index contributed by atoms with van der Waals surface area (Å²) in [5.74, 6) is 1.28. The third-order valence-electron chi connectivity index (χ3n) is 5.30. The smallest absolute Gasteiger partial charge is 0.338 e. The number of carbonyl (C=O) groups is 1. The van der Waals surface area contributed by atoms with E-state index in [-0.39, 0.29) is 5.97 Å². The largest absolute Gasteiger partial charge is 0.497 e. The van der Waals surface area contributed by atoms with Gasteiger partial charge in [-0.3, -0.25) is 0 Å². The van der Waals surface area contributed by atoms with Gasteiger partial charge in [0.1, 0.15) is 17.6 Å². The van der Waals surface area contributed by atoms with Crippen LogP contribution in [0.3, 0.4) is 0 Å². The Kier molecular flexibility index (Phi) is 5.31. The van der Waals surface area contributed by atoms with E-state index in [0.29, 0.717) is 12.2 Å². The number of ether oxygens (including phenoxy) is 2. The first-order chi connectivity index (χ1) is 14.5. The Morgan fingerprint density at radius 3 is 2.43 bits per heavy atom. The monoisotopic (exact) mass is 403 g/mol. The molecule has 1 aromatic heterocycles. The lowest BCUT2D eigenvalue weighted by molar-refractivity contribution is -0.139. The summed E-state index contributed by atoms with van der Waals surface area (Å²) in [5.41, 5.74) is 5.24. The van der Waals surface area contributed by atoms with Gasteiger partial charge < -0.3 is 14.8 Å². The Bertz CT molecular complexity index is 1100. The average Bonchev–Trinajstić information content (AvgIpc) is 3.08. The molecule has 0 bridgehead atoms. The highest BCUT2D eigenvalue weighted by molar-refractivity contribution is 5.93. The van der Waals surface area contributed by atoms with Gasteiger partial charge in [-0.15, -0.1) is 0 Å². The lowest BCUT2D eigenvalue weighted by Crippen LogP contribution is -2.29. The highest BCUT2D eigenvalue weighted by atomic mass is 16.5. The number of hydrogen-bond donors (Lipinski definition) is 1. The van der Waals surface area contributed by atoms with Crippen LogP contribution < -0.4 is 10.1 Å². The van der Waals surface area contributed by atoms with Crippen molar-refractivity contribution in [2.24, 2.45) is 0 Å². The Labute approximate surface area is 176 Å². The van der Waals surface area contributed by atoms with Gasteiger partial charge >= 0.3 is 5.97 Å². The number of rotatable bonds is 5. The average molecular weight is 403 g/mol. The van der Waals surface area contributed by atoms with Crippen LogP contribution in [0.15, 0.2) is 65.9 Å². The molecular formula is C24H25N3O3. The predicted molar refractivity (Wildman–Crippen MR) is 116 cm³/mol. The number of anilines is 1. The van der Waals surface area contributed by atoms with E-state index >= 15 is 0 Å². The fourth-order valence-electron chi connectivity index (χ4n) is 3.94. The number of carbonyl (C=O) groups excluding carboxylic acids is 1. The van der Waals surface area contributed by atoms with Crippen molar-refractivity contribution in [1.82, 2.24) is 9.78 Å². The van der Waals surface area contributed by atoms with Gasteiger partial charge in [0.15, 0.2) is 0 Å². The molecule has 3 aromatic rings.